The minimum Gasteiger partial charge on any atom is -0.359 e. The Balaban J connectivity index is 0.000000880. The van der Waals surface area contributed by atoms with Gasteiger partial charge < -0.3 is 5.32 Å². The van der Waals surface area contributed by atoms with E-state index in [0.717, 1.165) is 19.3 Å². The summed E-state index contributed by atoms with van der Waals surface area (Å²) in [7, 11) is 0. The van der Waals surface area contributed by atoms with E-state index in [9.17, 15) is 0 Å². The highest BCUT2D eigenvalue weighted by Crippen LogP contribution is 2.33. The second-order valence-corrected chi connectivity index (χ2v) is 6.32. The molecule has 1 heterocycles. The van der Waals surface area contributed by atoms with Crippen molar-refractivity contribution in [2.75, 3.05) is 5.32 Å². The normalized spacial score (nSPS) is 16.0. The number of rotatable bonds is 1. The maximum absolute atomic E-state index is 4.20. The molecule has 0 bridgehead atoms. The van der Waals surface area contributed by atoms with Gasteiger partial charge in [-0.15, -0.1) is 0 Å². The van der Waals surface area contributed by atoms with Gasteiger partial charge in [-0.1, -0.05) is 63.3 Å². The molecule has 0 fully saturated rings. The molecular formula is C24H27N. The maximum Gasteiger partial charge on any atom is 0.0420 e. The van der Waals surface area contributed by atoms with Gasteiger partial charge >= 0.3 is 0 Å². The zero-order chi connectivity index (χ0) is 17.8. The van der Waals surface area contributed by atoms with Crippen molar-refractivity contribution in [2.45, 2.75) is 40.0 Å². The van der Waals surface area contributed by atoms with Gasteiger partial charge in [-0.05, 0) is 70.6 Å². The number of hydrogen-bond acceptors (Lipinski definition) is 1. The number of anilines is 1. The lowest BCUT2D eigenvalue weighted by atomic mass is 9.93. The van der Waals surface area contributed by atoms with Crippen molar-refractivity contribution < 1.29 is 0 Å². The van der Waals surface area contributed by atoms with Crippen molar-refractivity contribution in [1.29, 1.82) is 0 Å². The first-order chi connectivity index (χ1) is 12.2. The Hall–Kier alpha value is -2.54. The van der Waals surface area contributed by atoms with E-state index in [0.29, 0.717) is 0 Å². The fourth-order valence-electron chi connectivity index (χ4n) is 3.47. The third-order valence-corrected chi connectivity index (χ3v) is 4.75. The van der Waals surface area contributed by atoms with E-state index in [4.69, 9.17) is 0 Å². The van der Waals surface area contributed by atoms with Gasteiger partial charge in [0.05, 0.1) is 0 Å². The lowest BCUT2D eigenvalue weighted by Crippen LogP contribution is -2.06. The van der Waals surface area contributed by atoms with Crippen molar-refractivity contribution in [3.63, 3.8) is 0 Å². The summed E-state index contributed by atoms with van der Waals surface area (Å²) >= 11 is 0. The molecule has 3 aromatic rings. The summed E-state index contributed by atoms with van der Waals surface area (Å²) in [5.74, 6) is 0. The number of aryl methyl sites for hydroxylation is 1. The van der Waals surface area contributed by atoms with Crippen LogP contribution in [0.4, 0.5) is 5.69 Å². The third kappa shape index (κ3) is 3.46. The Bertz CT molecular complexity index is 947. The Kier molecular flexibility index (Phi) is 5.23. The van der Waals surface area contributed by atoms with Crippen LogP contribution in [0.25, 0.3) is 21.5 Å². The molecule has 0 saturated carbocycles. The minimum atomic E-state index is 0.994. The molecule has 1 aliphatic rings. The van der Waals surface area contributed by atoms with Crippen LogP contribution >= 0.6 is 0 Å². The highest BCUT2D eigenvalue weighted by molar-refractivity contribution is 6.01. The Morgan fingerprint density at radius 1 is 0.920 bits per heavy atom. The van der Waals surface area contributed by atoms with E-state index in [1.54, 1.807) is 0 Å². The van der Waals surface area contributed by atoms with E-state index in [1.165, 1.54) is 44.1 Å². The zero-order valence-corrected chi connectivity index (χ0v) is 15.5. The molecule has 0 amide bonds. The monoisotopic (exact) mass is 329 g/mol. The lowest BCUT2D eigenvalue weighted by molar-refractivity contribution is 0.954. The Labute approximate surface area is 151 Å². The molecule has 0 atom stereocenters. The van der Waals surface area contributed by atoms with E-state index in [2.05, 4.69) is 73.4 Å². The molecule has 128 valence electrons. The number of fused-ring (bicyclic) bond motifs is 4. The molecule has 0 radical (unpaired) electrons. The van der Waals surface area contributed by atoms with Crippen LogP contribution in [-0.4, -0.2) is 0 Å². The van der Waals surface area contributed by atoms with Gasteiger partial charge in [0.2, 0.25) is 0 Å². The fraction of sp³-hybridized carbons (Fsp3) is 0.250. The zero-order valence-electron chi connectivity index (χ0n) is 15.5. The highest BCUT2D eigenvalue weighted by atomic mass is 14.9. The topological polar surface area (TPSA) is 12.0 Å². The van der Waals surface area contributed by atoms with E-state index in [-0.39, 0.29) is 0 Å². The fourth-order valence-corrected chi connectivity index (χ4v) is 3.47. The van der Waals surface area contributed by atoms with Crippen molar-refractivity contribution in [1.82, 2.24) is 0 Å². The molecule has 0 saturated heterocycles. The smallest absolute Gasteiger partial charge is 0.0420 e. The Morgan fingerprint density at radius 2 is 1.64 bits per heavy atom. The van der Waals surface area contributed by atoms with Gasteiger partial charge in [0.1, 0.15) is 0 Å². The van der Waals surface area contributed by atoms with Crippen LogP contribution in [-0.2, 0) is 6.42 Å². The van der Waals surface area contributed by atoms with Gasteiger partial charge in [0.25, 0.3) is 0 Å². The standard InChI is InChI=1S/C22H21N.C2H6/c1-3-19-12-15(2)8-10-20-21-14-17-7-5-4-6-16(17)13-18(21)9-11-22(20)23-19;1-2/h4-7,9,11-14,23H,2-3,8,10H2,1H3;1-2H3/b19-12-;. The average Bonchev–Trinajstić information content (AvgIpc) is 2.64. The molecular weight excluding hydrogens is 302 g/mol. The van der Waals surface area contributed by atoms with Crippen molar-refractivity contribution >= 4 is 27.2 Å². The summed E-state index contributed by atoms with van der Waals surface area (Å²) in [5.41, 5.74) is 5.11. The predicted octanol–water partition coefficient (Wildman–Crippen LogP) is 7.23. The van der Waals surface area contributed by atoms with Crippen LogP contribution in [0.3, 0.4) is 0 Å². The van der Waals surface area contributed by atoms with Gasteiger partial charge in [0, 0.05) is 11.4 Å². The van der Waals surface area contributed by atoms with Crippen LogP contribution in [0, 0.1) is 0 Å². The van der Waals surface area contributed by atoms with Crippen LogP contribution in [0.15, 0.2) is 72.5 Å². The number of hydrogen-bond donors (Lipinski definition) is 1. The molecule has 1 nitrogen and oxygen atoms in total. The minimum absolute atomic E-state index is 0.994. The summed E-state index contributed by atoms with van der Waals surface area (Å²) in [6.45, 7) is 10.4. The van der Waals surface area contributed by atoms with Crippen LogP contribution in [0.1, 0.15) is 39.2 Å². The van der Waals surface area contributed by atoms with Gasteiger partial charge in [-0.25, -0.2) is 0 Å². The first kappa shape index (κ1) is 17.3. The molecule has 3 aromatic carbocycles. The molecule has 0 unspecified atom stereocenters. The molecule has 1 heteroatoms. The van der Waals surface area contributed by atoms with E-state index in [1.807, 2.05) is 13.8 Å². The predicted molar refractivity (Wildman–Crippen MR) is 112 cm³/mol. The maximum atomic E-state index is 4.20. The van der Waals surface area contributed by atoms with Gasteiger partial charge in [0.15, 0.2) is 0 Å². The number of nitrogens with one attached hydrogen (secondary N) is 1. The largest absolute Gasteiger partial charge is 0.359 e. The van der Waals surface area contributed by atoms with Crippen LogP contribution in [0.5, 0.6) is 0 Å². The molecule has 1 N–H and O–H groups in total. The van der Waals surface area contributed by atoms with E-state index < -0.39 is 0 Å². The van der Waals surface area contributed by atoms with E-state index >= 15 is 0 Å². The summed E-state index contributed by atoms with van der Waals surface area (Å²) in [6.07, 6.45) is 5.25. The van der Waals surface area contributed by atoms with Gasteiger partial charge in [-0.2, -0.15) is 0 Å². The van der Waals surface area contributed by atoms with Crippen LogP contribution < -0.4 is 5.32 Å². The lowest BCUT2D eigenvalue weighted by Gasteiger charge is -2.20. The molecule has 0 aromatic heterocycles. The molecule has 4 rings (SSSR count). The Morgan fingerprint density at radius 3 is 2.36 bits per heavy atom. The van der Waals surface area contributed by atoms with Crippen molar-refractivity contribution in [3.8, 4) is 0 Å². The molecule has 0 spiro atoms. The first-order valence-electron chi connectivity index (χ1n) is 9.34. The summed E-state index contributed by atoms with van der Waals surface area (Å²) in [6, 6.07) is 17.7. The highest BCUT2D eigenvalue weighted by Gasteiger charge is 2.12. The summed E-state index contributed by atoms with van der Waals surface area (Å²) < 4.78 is 0. The molecule has 1 aliphatic heterocycles. The number of benzene rings is 3. The average molecular weight is 329 g/mol. The van der Waals surface area contributed by atoms with Crippen molar-refractivity contribution in [2.24, 2.45) is 0 Å². The molecule has 0 aliphatic carbocycles. The van der Waals surface area contributed by atoms with Gasteiger partial charge in [-0.3, -0.25) is 0 Å². The third-order valence-electron chi connectivity index (χ3n) is 4.75. The molecule has 25 heavy (non-hydrogen) atoms. The first-order valence-corrected chi connectivity index (χ1v) is 9.34. The van der Waals surface area contributed by atoms with Crippen molar-refractivity contribution in [3.05, 3.63) is 78.0 Å². The second-order valence-electron chi connectivity index (χ2n) is 6.32. The SMILES string of the molecule is C=C1/C=C(/CC)Nc2ccc3cc4ccccc4cc3c2CC1.CC. The van der Waals surface area contributed by atoms with Crippen LogP contribution in [0.2, 0.25) is 0 Å². The second kappa shape index (κ2) is 7.57. The summed E-state index contributed by atoms with van der Waals surface area (Å²) in [5, 5.41) is 8.91. The number of allylic oxidation sites excluding steroid dienone is 3. The summed E-state index contributed by atoms with van der Waals surface area (Å²) in [4.78, 5) is 0. The quantitative estimate of drug-likeness (QED) is 0.464.